The number of hydrogen-bond acceptors (Lipinski definition) is 4. The molecule has 0 saturated heterocycles. The van der Waals surface area contributed by atoms with Crippen LogP contribution in [0.2, 0.25) is 0 Å². The molecule has 0 atom stereocenters. The fourth-order valence-electron chi connectivity index (χ4n) is 2.43. The third kappa shape index (κ3) is 6.41. The second kappa shape index (κ2) is 10.3. The van der Waals surface area contributed by atoms with Gasteiger partial charge in [-0.15, -0.1) is 0 Å². The van der Waals surface area contributed by atoms with Crippen LogP contribution >= 0.6 is 0 Å². The van der Waals surface area contributed by atoms with Gasteiger partial charge in [0.2, 0.25) is 5.91 Å². The van der Waals surface area contributed by atoms with Crippen molar-refractivity contribution in [2.24, 2.45) is 0 Å². The van der Waals surface area contributed by atoms with Crippen LogP contribution in [0.1, 0.15) is 42.2 Å². The van der Waals surface area contributed by atoms with Crippen LogP contribution in [0.25, 0.3) is 0 Å². The molecule has 25 heavy (non-hydrogen) atoms. The summed E-state index contributed by atoms with van der Waals surface area (Å²) in [6.45, 7) is 3.66. The Bertz CT molecular complexity index is 641. The van der Waals surface area contributed by atoms with Crippen molar-refractivity contribution in [1.29, 1.82) is 0 Å². The zero-order chi connectivity index (χ0) is 17.9. The van der Waals surface area contributed by atoms with E-state index in [1.807, 2.05) is 18.2 Å². The maximum absolute atomic E-state index is 12.4. The molecule has 0 radical (unpaired) electrons. The highest BCUT2D eigenvalue weighted by atomic mass is 16.3. The summed E-state index contributed by atoms with van der Waals surface area (Å²) in [5.41, 5.74) is 1.47. The van der Waals surface area contributed by atoms with E-state index < -0.39 is 0 Å². The average molecular weight is 343 g/mol. The maximum Gasteiger partial charge on any atom is 0.257 e. The lowest BCUT2D eigenvalue weighted by Crippen LogP contribution is -2.36. The second-order valence-electron chi connectivity index (χ2n) is 5.83. The molecule has 2 aromatic heterocycles. The Hall–Kier alpha value is -2.63. The third-order valence-electron chi connectivity index (χ3n) is 3.88. The lowest BCUT2D eigenvalue weighted by atomic mass is 10.2. The van der Waals surface area contributed by atoms with Gasteiger partial charge in [0, 0.05) is 44.4 Å². The first-order valence-corrected chi connectivity index (χ1v) is 8.68. The molecule has 0 unspecified atom stereocenters. The summed E-state index contributed by atoms with van der Waals surface area (Å²) in [7, 11) is 0. The molecule has 6 heteroatoms. The van der Waals surface area contributed by atoms with Crippen LogP contribution in [0.3, 0.4) is 0 Å². The number of pyridine rings is 1. The molecule has 0 aliphatic heterocycles. The highest BCUT2D eigenvalue weighted by molar-refractivity contribution is 5.94. The predicted molar refractivity (Wildman–Crippen MR) is 95.1 cm³/mol. The largest absolute Gasteiger partial charge is 0.472 e. The fraction of sp³-hybridized carbons (Fsp3) is 0.421. The van der Waals surface area contributed by atoms with Gasteiger partial charge in [-0.05, 0) is 24.6 Å². The minimum atomic E-state index is -0.0940. The maximum atomic E-state index is 12.4. The molecule has 6 nitrogen and oxygen atoms in total. The van der Waals surface area contributed by atoms with E-state index in [1.165, 1.54) is 12.5 Å². The zero-order valence-corrected chi connectivity index (χ0v) is 14.6. The van der Waals surface area contributed by atoms with Crippen LogP contribution in [0, 0.1) is 0 Å². The SMILES string of the molecule is CCCCN(CCC(=O)NCCc1ccccn1)C(=O)c1ccoc1. The van der Waals surface area contributed by atoms with Crippen molar-refractivity contribution < 1.29 is 14.0 Å². The Labute approximate surface area is 148 Å². The molecule has 2 aromatic rings. The summed E-state index contributed by atoms with van der Waals surface area (Å²) < 4.78 is 4.98. The Kier molecular flexibility index (Phi) is 7.69. The van der Waals surface area contributed by atoms with E-state index in [4.69, 9.17) is 4.42 Å². The number of furan rings is 1. The highest BCUT2D eigenvalue weighted by Crippen LogP contribution is 2.08. The van der Waals surface area contributed by atoms with Crippen molar-refractivity contribution >= 4 is 11.8 Å². The van der Waals surface area contributed by atoms with E-state index in [1.54, 1.807) is 17.2 Å². The minimum absolute atomic E-state index is 0.0579. The molecule has 0 aromatic carbocycles. The Balaban J connectivity index is 1.76. The molecular formula is C19H25N3O3. The minimum Gasteiger partial charge on any atom is -0.472 e. The quantitative estimate of drug-likeness (QED) is 0.720. The van der Waals surface area contributed by atoms with Crippen LogP contribution in [0.5, 0.6) is 0 Å². The molecule has 134 valence electrons. The van der Waals surface area contributed by atoms with Crippen molar-refractivity contribution in [3.8, 4) is 0 Å². The van der Waals surface area contributed by atoms with Crippen molar-refractivity contribution in [3.63, 3.8) is 0 Å². The summed E-state index contributed by atoms with van der Waals surface area (Å²) >= 11 is 0. The molecule has 0 fully saturated rings. The van der Waals surface area contributed by atoms with E-state index in [0.29, 0.717) is 31.6 Å². The first kappa shape index (κ1) is 18.7. The number of carbonyl (C=O) groups excluding carboxylic acids is 2. The summed E-state index contributed by atoms with van der Waals surface area (Å²) in [5, 5.41) is 2.88. The molecule has 0 bridgehead atoms. The number of carbonyl (C=O) groups is 2. The van der Waals surface area contributed by atoms with Gasteiger partial charge in [0.15, 0.2) is 0 Å². The summed E-state index contributed by atoms with van der Waals surface area (Å²) in [6, 6.07) is 7.37. The first-order valence-electron chi connectivity index (χ1n) is 8.68. The molecular weight excluding hydrogens is 318 g/mol. The molecule has 1 N–H and O–H groups in total. The fourth-order valence-corrected chi connectivity index (χ4v) is 2.43. The van der Waals surface area contributed by atoms with Gasteiger partial charge in [-0.2, -0.15) is 0 Å². The molecule has 0 spiro atoms. The van der Waals surface area contributed by atoms with Crippen LogP contribution < -0.4 is 5.32 Å². The van der Waals surface area contributed by atoms with Crippen LogP contribution in [0.4, 0.5) is 0 Å². The van der Waals surface area contributed by atoms with Crippen LogP contribution in [-0.4, -0.2) is 41.3 Å². The Morgan fingerprint density at radius 2 is 2.12 bits per heavy atom. The smallest absolute Gasteiger partial charge is 0.257 e. The van der Waals surface area contributed by atoms with E-state index in [2.05, 4.69) is 17.2 Å². The van der Waals surface area contributed by atoms with Gasteiger partial charge in [0.05, 0.1) is 11.8 Å². The molecule has 0 aliphatic rings. The van der Waals surface area contributed by atoms with Gasteiger partial charge < -0.3 is 14.6 Å². The lowest BCUT2D eigenvalue weighted by molar-refractivity contribution is -0.121. The molecule has 2 heterocycles. The summed E-state index contributed by atoms with van der Waals surface area (Å²) in [4.78, 5) is 30.4. The van der Waals surface area contributed by atoms with Crippen LogP contribution in [0.15, 0.2) is 47.4 Å². The molecule has 2 amide bonds. The Morgan fingerprint density at radius 1 is 1.24 bits per heavy atom. The lowest BCUT2D eigenvalue weighted by Gasteiger charge is -2.21. The predicted octanol–water partition coefficient (Wildman–Crippen LogP) is 2.67. The van der Waals surface area contributed by atoms with Gasteiger partial charge in [0.1, 0.15) is 6.26 Å². The molecule has 0 saturated carbocycles. The van der Waals surface area contributed by atoms with E-state index in [9.17, 15) is 9.59 Å². The monoisotopic (exact) mass is 343 g/mol. The van der Waals surface area contributed by atoms with E-state index in [0.717, 1.165) is 18.5 Å². The average Bonchev–Trinajstić information content (AvgIpc) is 3.17. The van der Waals surface area contributed by atoms with E-state index >= 15 is 0 Å². The van der Waals surface area contributed by atoms with Crippen LogP contribution in [-0.2, 0) is 11.2 Å². The van der Waals surface area contributed by atoms with Gasteiger partial charge in [-0.1, -0.05) is 19.4 Å². The number of aromatic nitrogens is 1. The number of unbranched alkanes of at least 4 members (excludes halogenated alkanes) is 1. The molecule has 0 aliphatic carbocycles. The summed E-state index contributed by atoms with van der Waals surface area (Å²) in [5.74, 6) is -0.152. The van der Waals surface area contributed by atoms with Gasteiger partial charge in [0.25, 0.3) is 5.91 Å². The first-order chi connectivity index (χ1) is 12.2. The Morgan fingerprint density at radius 3 is 2.80 bits per heavy atom. The number of hydrogen-bond donors (Lipinski definition) is 1. The van der Waals surface area contributed by atoms with Gasteiger partial charge in [-0.25, -0.2) is 0 Å². The summed E-state index contributed by atoms with van der Waals surface area (Å²) in [6.07, 6.45) is 7.54. The van der Waals surface area contributed by atoms with Crippen molar-refractivity contribution in [3.05, 3.63) is 54.2 Å². The number of rotatable bonds is 10. The topological polar surface area (TPSA) is 75.4 Å². The van der Waals surface area contributed by atoms with E-state index in [-0.39, 0.29) is 18.2 Å². The molecule has 2 rings (SSSR count). The standard InChI is InChI=1S/C19H25N3O3/c1-2-3-12-22(19(24)16-9-14-25-15-16)13-8-18(23)21-11-7-17-6-4-5-10-20-17/h4-6,9-10,14-15H,2-3,7-8,11-13H2,1H3,(H,21,23). The van der Waals surface area contributed by atoms with Crippen molar-refractivity contribution in [2.75, 3.05) is 19.6 Å². The van der Waals surface area contributed by atoms with Crippen molar-refractivity contribution in [1.82, 2.24) is 15.2 Å². The number of nitrogens with one attached hydrogen (secondary N) is 1. The number of nitrogens with zero attached hydrogens (tertiary/aromatic N) is 2. The van der Waals surface area contributed by atoms with Gasteiger partial charge in [-0.3, -0.25) is 14.6 Å². The second-order valence-corrected chi connectivity index (χ2v) is 5.83. The third-order valence-corrected chi connectivity index (χ3v) is 3.88. The zero-order valence-electron chi connectivity index (χ0n) is 14.6. The normalized spacial score (nSPS) is 10.4. The highest BCUT2D eigenvalue weighted by Gasteiger charge is 2.17. The number of amides is 2. The van der Waals surface area contributed by atoms with Crippen molar-refractivity contribution in [2.45, 2.75) is 32.6 Å². The van der Waals surface area contributed by atoms with Gasteiger partial charge >= 0.3 is 0 Å².